The number of para-hydroxylation sites is 1. The maximum absolute atomic E-state index is 12.8. The third-order valence-electron chi connectivity index (χ3n) is 5.70. The Kier molecular flexibility index (Phi) is 12.2. The van der Waals surface area contributed by atoms with Crippen molar-refractivity contribution in [3.05, 3.63) is 29.8 Å². The second-order valence-electron chi connectivity index (χ2n) is 7.75. The monoisotopic (exact) mass is 437 g/mol. The maximum atomic E-state index is 12.8. The first-order valence-corrected chi connectivity index (χ1v) is 10.4. The van der Waals surface area contributed by atoms with Crippen LogP contribution < -0.4 is 4.74 Å². The Morgan fingerprint density at radius 2 is 1.68 bits per heavy atom. The van der Waals surface area contributed by atoms with E-state index in [2.05, 4.69) is 23.8 Å². The molecule has 0 aliphatic carbocycles. The zero-order valence-electron chi connectivity index (χ0n) is 18.6. The van der Waals surface area contributed by atoms with E-state index in [4.69, 9.17) is 24.5 Å². The number of amides is 1. The van der Waals surface area contributed by atoms with Crippen molar-refractivity contribution in [2.75, 3.05) is 53.4 Å². The molecule has 0 spiro atoms. The molecule has 0 radical (unpaired) electrons. The minimum absolute atomic E-state index is 0.101. The van der Waals surface area contributed by atoms with Crippen LogP contribution in [0.5, 0.6) is 5.75 Å². The van der Waals surface area contributed by atoms with Crippen LogP contribution in [0, 0.1) is 5.92 Å². The Morgan fingerprint density at radius 3 is 2.23 bits per heavy atom. The number of ether oxygens (including phenoxy) is 1. The van der Waals surface area contributed by atoms with Gasteiger partial charge in [0.25, 0.3) is 18.9 Å². The maximum Gasteiger partial charge on any atom is 0.290 e. The van der Waals surface area contributed by atoms with Crippen LogP contribution in [-0.4, -0.2) is 103 Å². The van der Waals surface area contributed by atoms with Crippen molar-refractivity contribution >= 4 is 18.9 Å². The molecule has 2 aliphatic rings. The normalized spacial score (nSPS) is 19.8. The van der Waals surface area contributed by atoms with Crippen LogP contribution in [0.3, 0.4) is 0 Å². The summed E-state index contributed by atoms with van der Waals surface area (Å²) in [5.41, 5.74) is 0.677. The number of methoxy groups -OCH3 is 1. The van der Waals surface area contributed by atoms with E-state index < -0.39 is 0 Å². The first kappa shape index (κ1) is 26.4. The fraction of sp³-hybridized carbons (Fsp3) is 0.591. The summed E-state index contributed by atoms with van der Waals surface area (Å²) in [6.45, 7) is 8.19. The number of nitrogens with zero attached hydrogens (tertiary/aromatic N) is 3. The number of carboxylic acid groups (broad SMARTS) is 2. The van der Waals surface area contributed by atoms with Gasteiger partial charge in [-0.15, -0.1) is 0 Å². The topological polar surface area (TPSA) is 111 Å². The highest BCUT2D eigenvalue weighted by atomic mass is 16.5. The highest BCUT2D eigenvalue weighted by Crippen LogP contribution is 2.25. The van der Waals surface area contributed by atoms with E-state index in [1.165, 1.54) is 6.54 Å². The lowest BCUT2D eigenvalue weighted by Gasteiger charge is -2.41. The van der Waals surface area contributed by atoms with Crippen LogP contribution in [0.15, 0.2) is 24.3 Å². The Balaban J connectivity index is 0.000000720. The largest absolute Gasteiger partial charge is 0.496 e. The smallest absolute Gasteiger partial charge is 0.290 e. The lowest BCUT2D eigenvalue weighted by atomic mass is 9.94. The number of hydrogen-bond donors (Lipinski definition) is 2. The molecule has 2 N–H and O–H groups in total. The molecule has 1 atom stereocenters. The van der Waals surface area contributed by atoms with Gasteiger partial charge in [-0.2, -0.15) is 0 Å². The molecule has 1 unspecified atom stereocenters. The van der Waals surface area contributed by atoms with E-state index >= 15 is 0 Å². The lowest BCUT2D eigenvalue weighted by Crippen LogP contribution is -2.52. The molecular weight excluding hydrogens is 402 g/mol. The van der Waals surface area contributed by atoms with Gasteiger partial charge in [0, 0.05) is 45.3 Å². The predicted octanol–water partition coefficient (Wildman–Crippen LogP) is 1.58. The highest BCUT2D eigenvalue weighted by Gasteiger charge is 2.29. The zero-order chi connectivity index (χ0) is 23.2. The number of piperazine rings is 1. The molecule has 2 fully saturated rings. The first-order valence-electron chi connectivity index (χ1n) is 10.4. The van der Waals surface area contributed by atoms with Gasteiger partial charge in [0.15, 0.2) is 0 Å². The average Bonchev–Trinajstić information content (AvgIpc) is 2.77. The summed E-state index contributed by atoms with van der Waals surface area (Å²) in [7, 11) is 3.82. The number of piperidine rings is 1. The van der Waals surface area contributed by atoms with Crippen molar-refractivity contribution in [1.82, 2.24) is 14.7 Å². The number of carbonyl (C=O) groups is 3. The van der Waals surface area contributed by atoms with Crippen LogP contribution in [-0.2, 0) is 9.59 Å². The average molecular weight is 438 g/mol. The predicted molar refractivity (Wildman–Crippen MR) is 118 cm³/mol. The number of likely N-dealkylation sites (tertiary alicyclic amines) is 1. The van der Waals surface area contributed by atoms with Crippen molar-refractivity contribution in [2.24, 2.45) is 5.92 Å². The van der Waals surface area contributed by atoms with E-state index in [-0.39, 0.29) is 18.9 Å². The molecule has 1 aromatic rings. The molecule has 2 heterocycles. The van der Waals surface area contributed by atoms with Crippen LogP contribution in [0.2, 0.25) is 0 Å². The quantitative estimate of drug-likeness (QED) is 0.683. The summed E-state index contributed by atoms with van der Waals surface area (Å²) in [6, 6.07) is 8.15. The molecule has 31 heavy (non-hydrogen) atoms. The van der Waals surface area contributed by atoms with Crippen molar-refractivity contribution in [3.63, 3.8) is 0 Å². The summed E-state index contributed by atoms with van der Waals surface area (Å²) in [6.07, 6.45) is 2.19. The number of rotatable bonds is 4. The Labute approximate surface area is 184 Å². The minimum atomic E-state index is -0.250. The summed E-state index contributed by atoms with van der Waals surface area (Å²) in [5.74, 6) is 1.47. The van der Waals surface area contributed by atoms with Gasteiger partial charge < -0.3 is 24.7 Å². The molecule has 1 aromatic carbocycles. The number of hydrogen-bond acceptors (Lipinski definition) is 6. The molecule has 0 aromatic heterocycles. The van der Waals surface area contributed by atoms with E-state index in [1.807, 2.05) is 29.2 Å². The summed E-state index contributed by atoms with van der Waals surface area (Å²) in [5, 5.41) is 13.8. The van der Waals surface area contributed by atoms with E-state index in [9.17, 15) is 4.79 Å². The lowest BCUT2D eigenvalue weighted by molar-refractivity contribution is -0.123. The van der Waals surface area contributed by atoms with E-state index in [0.29, 0.717) is 23.3 Å². The molecule has 2 saturated heterocycles. The second-order valence-corrected chi connectivity index (χ2v) is 7.75. The van der Waals surface area contributed by atoms with Gasteiger partial charge >= 0.3 is 0 Å². The van der Waals surface area contributed by atoms with Crippen LogP contribution in [0.4, 0.5) is 0 Å². The van der Waals surface area contributed by atoms with Crippen LogP contribution in [0.1, 0.15) is 30.1 Å². The number of benzene rings is 1. The zero-order valence-corrected chi connectivity index (χ0v) is 18.6. The molecule has 0 bridgehead atoms. The van der Waals surface area contributed by atoms with Gasteiger partial charge in [-0.25, -0.2) is 0 Å². The summed E-state index contributed by atoms with van der Waals surface area (Å²) < 4.78 is 5.34. The first-order chi connectivity index (χ1) is 14.9. The second kappa shape index (κ2) is 14.4. The molecule has 174 valence electrons. The van der Waals surface area contributed by atoms with Crippen molar-refractivity contribution in [3.8, 4) is 5.75 Å². The van der Waals surface area contributed by atoms with Crippen LogP contribution in [0.25, 0.3) is 0 Å². The van der Waals surface area contributed by atoms with Gasteiger partial charge in [-0.1, -0.05) is 12.1 Å². The van der Waals surface area contributed by atoms with Gasteiger partial charge in [-0.3, -0.25) is 19.3 Å². The van der Waals surface area contributed by atoms with Gasteiger partial charge in [0.05, 0.1) is 12.7 Å². The molecular formula is C22H35N3O6. The molecule has 9 nitrogen and oxygen atoms in total. The van der Waals surface area contributed by atoms with Crippen molar-refractivity contribution in [2.45, 2.75) is 25.8 Å². The van der Waals surface area contributed by atoms with E-state index in [0.717, 1.165) is 45.6 Å². The highest BCUT2D eigenvalue weighted by molar-refractivity contribution is 5.97. The molecule has 1 amide bonds. The van der Waals surface area contributed by atoms with Crippen LogP contribution >= 0.6 is 0 Å². The van der Waals surface area contributed by atoms with Crippen molar-refractivity contribution in [1.29, 1.82) is 0 Å². The van der Waals surface area contributed by atoms with Gasteiger partial charge in [-0.05, 0) is 44.9 Å². The number of likely N-dealkylation sites (N-methyl/N-ethyl adjacent to an activating group) is 1. The van der Waals surface area contributed by atoms with Gasteiger partial charge in [0.1, 0.15) is 5.75 Å². The Morgan fingerprint density at radius 1 is 1.10 bits per heavy atom. The van der Waals surface area contributed by atoms with Crippen molar-refractivity contribution < 1.29 is 29.3 Å². The third kappa shape index (κ3) is 8.55. The molecule has 9 heteroatoms. The standard InChI is InChI=1S/C20H31N3O2.2CH2O2/c1-16-14-21(2)12-13-23(16)15-17-8-10-22(11-9-17)20(24)18-6-4-5-7-19(18)25-3;2*2-1-3/h4-7,16-17H,8-15H2,1-3H3;2*1H,(H,2,3). The Bertz CT molecular complexity index is 673. The Hall–Kier alpha value is -2.65. The summed E-state index contributed by atoms with van der Waals surface area (Å²) >= 11 is 0. The molecule has 3 rings (SSSR count). The number of carbonyl (C=O) groups excluding carboxylic acids is 1. The third-order valence-corrected chi connectivity index (χ3v) is 5.70. The van der Waals surface area contributed by atoms with Gasteiger partial charge in [0.2, 0.25) is 0 Å². The molecule has 0 saturated carbocycles. The minimum Gasteiger partial charge on any atom is -0.496 e. The summed E-state index contributed by atoms with van der Waals surface area (Å²) in [4.78, 5) is 36.5. The molecule has 2 aliphatic heterocycles. The fourth-order valence-corrected chi connectivity index (χ4v) is 4.09. The fourth-order valence-electron chi connectivity index (χ4n) is 4.09. The van der Waals surface area contributed by atoms with E-state index in [1.54, 1.807) is 7.11 Å². The SMILES string of the molecule is COc1ccccc1C(=O)N1CCC(CN2CCN(C)CC2C)CC1.O=CO.O=CO.